The van der Waals surface area contributed by atoms with Gasteiger partial charge in [-0.1, -0.05) is 5.16 Å². The average molecular weight is 215 g/mol. The molecule has 1 heterocycles. The fourth-order valence-electron chi connectivity index (χ4n) is 0.933. The van der Waals surface area contributed by atoms with E-state index in [9.17, 15) is 4.79 Å². The number of carbonyl (C=O) groups excluding carboxylic acids is 1. The zero-order valence-electron chi connectivity index (χ0n) is 8.24. The monoisotopic (exact) mass is 215 g/mol. The second-order valence-corrected chi connectivity index (χ2v) is 3.63. The van der Waals surface area contributed by atoms with E-state index in [1.807, 2.05) is 6.26 Å². The molecule has 0 spiro atoms. The van der Waals surface area contributed by atoms with Gasteiger partial charge in [0.1, 0.15) is 0 Å². The first-order valence-corrected chi connectivity index (χ1v) is 5.66. The molecule has 0 fully saturated rings. The third-order valence-electron chi connectivity index (χ3n) is 1.51. The van der Waals surface area contributed by atoms with Gasteiger partial charge < -0.3 is 9.84 Å². The minimum Gasteiger partial charge on any atom is -0.355 e. The fourth-order valence-corrected chi connectivity index (χ4v) is 1.30. The maximum Gasteiger partial charge on any atom is 0.229 e. The largest absolute Gasteiger partial charge is 0.355 e. The molecular weight excluding hydrogens is 202 g/mol. The van der Waals surface area contributed by atoms with Gasteiger partial charge in [0.05, 0.1) is 5.75 Å². The summed E-state index contributed by atoms with van der Waals surface area (Å²) in [5.74, 6) is 1.71. The van der Waals surface area contributed by atoms with Gasteiger partial charge in [-0.15, -0.1) is 0 Å². The quantitative estimate of drug-likeness (QED) is 0.770. The molecule has 0 bridgehead atoms. The molecule has 0 aliphatic carbocycles. The Hall–Kier alpha value is -1.04. The zero-order valence-corrected chi connectivity index (χ0v) is 9.06. The molecule has 1 N–H and O–H groups in total. The lowest BCUT2D eigenvalue weighted by molar-refractivity contribution is -0.118. The Labute approximate surface area is 86.6 Å². The molecule has 1 aromatic heterocycles. The number of nitrogens with zero attached hydrogens (tertiary/aromatic N) is 2. The summed E-state index contributed by atoms with van der Waals surface area (Å²) < 4.78 is 4.89. The molecule has 0 aliphatic heterocycles. The number of hydrogen-bond acceptors (Lipinski definition) is 5. The van der Waals surface area contributed by atoms with Crippen molar-refractivity contribution in [3.8, 4) is 0 Å². The van der Waals surface area contributed by atoms with Crippen molar-refractivity contribution < 1.29 is 9.32 Å². The summed E-state index contributed by atoms with van der Waals surface area (Å²) in [4.78, 5) is 15.1. The van der Waals surface area contributed by atoms with Gasteiger partial charge in [-0.3, -0.25) is 4.79 Å². The number of carbonyl (C=O) groups is 1. The van der Waals surface area contributed by atoms with E-state index in [4.69, 9.17) is 4.52 Å². The van der Waals surface area contributed by atoms with Gasteiger partial charge in [-0.25, -0.2) is 0 Å². The third kappa shape index (κ3) is 3.78. The highest BCUT2D eigenvalue weighted by Crippen LogP contribution is 1.96. The van der Waals surface area contributed by atoms with Gasteiger partial charge in [0.15, 0.2) is 5.82 Å². The van der Waals surface area contributed by atoms with Gasteiger partial charge in [0.2, 0.25) is 11.8 Å². The Kier molecular flexibility index (Phi) is 4.45. The SMILES string of the molecule is CSCC(=O)NCCc1nc(C)no1. The van der Waals surface area contributed by atoms with E-state index in [0.717, 1.165) is 0 Å². The zero-order chi connectivity index (χ0) is 10.4. The summed E-state index contributed by atoms with van der Waals surface area (Å²) in [6, 6.07) is 0. The molecule has 0 radical (unpaired) electrons. The summed E-state index contributed by atoms with van der Waals surface area (Å²) >= 11 is 1.50. The van der Waals surface area contributed by atoms with Crippen molar-refractivity contribution >= 4 is 17.7 Å². The molecule has 0 aliphatic rings. The van der Waals surface area contributed by atoms with Crippen LogP contribution < -0.4 is 5.32 Å². The molecule has 6 heteroatoms. The van der Waals surface area contributed by atoms with E-state index < -0.39 is 0 Å². The summed E-state index contributed by atoms with van der Waals surface area (Å²) in [5, 5.41) is 6.40. The fraction of sp³-hybridized carbons (Fsp3) is 0.625. The highest BCUT2D eigenvalue weighted by molar-refractivity contribution is 7.99. The van der Waals surface area contributed by atoms with Crippen molar-refractivity contribution in [1.82, 2.24) is 15.5 Å². The van der Waals surface area contributed by atoms with Crippen molar-refractivity contribution in [2.45, 2.75) is 13.3 Å². The predicted octanol–water partition coefficient (Wildman–Crippen LogP) is 0.400. The van der Waals surface area contributed by atoms with Crippen LogP contribution in [0.2, 0.25) is 0 Å². The first-order chi connectivity index (χ1) is 6.72. The molecule has 1 amide bonds. The van der Waals surface area contributed by atoms with E-state index in [0.29, 0.717) is 30.4 Å². The second kappa shape index (κ2) is 5.64. The van der Waals surface area contributed by atoms with Gasteiger partial charge >= 0.3 is 0 Å². The molecule has 0 unspecified atom stereocenters. The Bertz CT molecular complexity index is 301. The van der Waals surface area contributed by atoms with Crippen molar-refractivity contribution in [3.05, 3.63) is 11.7 Å². The van der Waals surface area contributed by atoms with Crippen molar-refractivity contribution in [2.24, 2.45) is 0 Å². The minimum atomic E-state index is 0.0359. The maximum atomic E-state index is 11.0. The molecule has 0 saturated heterocycles. The van der Waals surface area contributed by atoms with Gasteiger partial charge in [-0.05, 0) is 13.2 Å². The number of thioether (sulfide) groups is 1. The summed E-state index contributed by atoms with van der Waals surface area (Å²) in [5.41, 5.74) is 0. The van der Waals surface area contributed by atoms with Crippen LogP contribution in [-0.4, -0.2) is 34.6 Å². The number of aryl methyl sites for hydroxylation is 1. The van der Waals surface area contributed by atoms with Crippen LogP contribution >= 0.6 is 11.8 Å². The standard InChI is InChI=1S/C8H13N3O2S/c1-6-10-8(13-11-6)3-4-9-7(12)5-14-2/h3-5H2,1-2H3,(H,9,12). The van der Waals surface area contributed by atoms with E-state index >= 15 is 0 Å². The van der Waals surface area contributed by atoms with Crippen LogP contribution in [0.15, 0.2) is 4.52 Å². The van der Waals surface area contributed by atoms with Crippen molar-refractivity contribution in [3.63, 3.8) is 0 Å². The maximum absolute atomic E-state index is 11.0. The van der Waals surface area contributed by atoms with E-state index in [-0.39, 0.29) is 5.91 Å². The predicted molar refractivity (Wildman–Crippen MR) is 54.1 cm³/mol. The third-order valence-corrected chi connectivity index (χ3v) is 2.06. The molecular formula is C8H13N3O2S. The molecule has 5 nitrogen and oxygen atoms in total. The first-order valence-electron chi connectivity index (χ1n) is 4.27. The van der Waals surface area contributed by atoms with Gasteiger partial charge in [-0.2, -0.15) is 16.7 Å². The molecule has 78 valence electrons. The van der Waals surface area contributed by atoms with E-state index in [1.165, 1.54) is 11.8 Å². The lowest BCUT2D eigenvalue weighted by atomic mass is 10.4. The molecule has 14 heavy (non-hydrogen) atoms. The first kappa shape index (κ1) is 11.0. The lowest BCUT2D eigenvalue weighted by Crippen LogP contribution is -2.27. The Morgan fingerprint density at radius 1 is 1.64 bits per heavy atom. The van der Waals surface area contributed by atoms with Crippen LogP contribution in [0, 0.1) is 6.92 Å². The van der Waals surface area contributed by atoms with Crippen LogP contribution in [-0.2, 0) is 11.2 Å². The average Bonchev–Trinajstić information content (AvgIpc) is 2.52. The normalized spacial score (nSPS) is 10.1. The van der Waals surface area contributed by atoms with Gasteiger partial charge in [0, 0.05) is 13.0 Å². The van der Waals surface area contributed by atoms with Crippen LogP contribution in [0.25, 0.3) is 0 Å². The summed E-state index contributed by atoms with van der Waals surface area (Å²) in [7, 11) is 0. The Balaban J connectivity index is 2.18. The molecule has 0 aromatic carbocycles. The highest BCUT2D eigenvalue weighted by atomic mass is 32.2. The number of aromatic nitrogens is 2. The Morgan fingerprint density at radius 3 is 3.00 bits per heavy atom. The molecule has 0 saturated carbocycles. The van der Waals surface area contributed by atoms with Crippen LogP contribution in [0.3, 0.4) is 0 Å². The molecule has 0 atom stereocenters. The highest BCUT2D eigenvalue weighted by Gasteiger charge is 2.03. The second-order valence-electron chi connectivity index (χ2n) is 2.77. The smallest absolute Gasteiger partial charge is 0.229 e. The van der Waals surface area contributed by atoms with Crippen molar-refractivity contribution in [2.75, 3.05) is 18.6 Å². The van der Waals surface area contributed by atoms with E-state index in [1.54, 1.807) is 6.92 Å². The van der Waals surface area contributed by atoms with E-state index in [2.05, 4.69) is 15.5 Å². The van der Waals surface area contributed by atoms with Crippen LogP contribution in [0.1, 0.15) is 11.7 Å². The Morgan fingerprint density at radius 2 is 2.43 bits per heavy atom. The summed E-state index contributed by atoms with van der Waals surface area (Å²) in [6.07, 6.45) is 2.47. The number of nitrogens with one attached hydrogen (secondary N) is 1. The summed E-state index contributed by atoms with van der Waals surface area (Å²) in [6.45, 7) is 2.31. The number of amides is 1. The van der Waals surface area contributed by atoms with Crippen molar-refractivity contribution in [1.29, 1.82) is 0 Å². The molecule has 1 aromatic rings. The molecule has 1 rings (SSSR count). The van der Waals surface area contributed by atoms with Crippen LogP contribution in [0.5, 0.6) is 0 Å². The van der Waals surface area contributed by atoms with Crippen LogP contribution in [0.4, 0.5) is 0 Å². The topological polar surface area (TPSA) is 68.0 Å². The number of hydrogen-bond donors (Lipinski definition) is 1. The number of rotatable bonds is 5. The van der Waals surface area contributed by atoms with Gasteiger partial charge in [0.25, 0.3) is 0 Å². The lowest BCUT2D eigenvalue weighted by Gasteiger charge is -2.00. The minimum absolute atomic E-state index is 0.0359.